The third-order valence-electron chi connectivity index (χ3n) is 4.14. The van der Waals surface area contributed by atoms with Gasteiger partial charge in [-0.05, 0) is 59.7 Å². The quantitative estimate of drug-likeness (QED) is 0.442. The van der Waals surface area contributed by atoms with Crippen LogP contribution in [0.2, 0.25) is 0 Å². The van der Waals surface area contributed by atoms with Crippen molar-refractivity contribution in [2.24, 2.45) is 0 Å². The molecule has 2 N–H and O–H groups in total. The van der Waals surface area contributed by atoms with Crippen molar-refractivity contribution in [1.82, 2.24) is 0 Å². The summed E-state index contributed by atoms with van der Waals surface area (Å²) >= 11 is 0. The molecule has 0 aromatic heterocycles. The van der Waals surface area contributed by atoms with Crippen LogP contribution in [0.1, 0.15) is 31.8 Å². The number of nitrogens with zero attached hydrogens (tertiary/aromatic N) is 2. The Hall–Kier alpha value is -4.94. The summed E-state index contributed by atoms with van der Waals surface area (Å²) < 4.78 is 0. The molecule has 0 heterocycles. The summed E-state index contributed by atoms with van der Waals surface area (Å²) in [5.74, 6) is -1.99. The van der Waals surface area contributed by atoms with Crippen LogP contribution in [-0.2, 0) is 0 Å². The van der Waals surface area contributed by atoms with Gasteiger partial charge in [0.1, 0.15) is 0 Å². The van der Waals surface area contributed by atoms with E-state index in [2.05, 4.69) is 0 Å². The number of allylic oxidation sites excluding steroid dienone is 8. The summed E-state index contributed by atoms with van der Waals surface area (Å²) in [7, 11) is 0. The van der Waals surface area contributed by atoms with Gasteiger partial charge >= 0.3 is 11.9 Å². The van der Waals surface area contributed by atoms with Gasteiger partial charge < -0.3 is 10.2 Å². The maximum atomic E-state index is 10.9. The van der Waals surface area contributed by atoms with Gasteiger partial charge in [-0.3, -0.25) is 0 Å². The highest BCUT2D eigenvalue weighted by Gasteiger charge is 2.00. The number of hydrogen-bond acceptors (Lipinski definition) is 4. The van der Waals surface area contributed by atoms with E-state index in [0.29, 0.717) is 11.1 Å². The fourth-order valence-electron chi connectivity index (χ4n) is 2.44. The SMILES string of the molecule is N#CC(=C\C=C\c1ccc(C(=O)O)cc1)/C=C/C(C#N)=C/C=C/c1ccc(C(=O)O)cc1. The van der Waals surface area contributed by atoms with E-state index in [0.717, 1.165) is 11.1 Å². The van der Waals surface area contributed by atoms with Gasteiger partial charge in [0.15, 0.2) is 0 Å². The average Bonchev–Trinajstić information content (AvgIpc) is 2.80. The number of benzene rings is 2. The second kappa shape index (κ2) is 11.9. The molecule has 6 nitrogen and oxygen atoms in total. The van der Waals surface area contributed by atoms with Crippen molar-refractivity contribution in [3.63, 3.8) is 0 Å². The van der Waals surface area contributed by atoms with Gasteiger partial charge in [0.05, 0.1) is 34.4 Å². The average molecular weight is 422 g/mol. The molecule has 0 atom stereocenters. The maximum Gasteiger partial charge on any atom is 0.335 e. The Morgan fingerprint density at radius 3 is 1.28 bits per heavy atom. The number of rotatable bonds is 8. The predicted octanol–water partition coefficient (Wildman–Crippen LogP) is 5.27. The molecule has 0 amide bonds. The Morgan fingerprint density at radius 1 is 0.656 bits per heavy atom. The molecule has 2 aromatic rings. The number of carbonyl (C=O) groups is 2. The summed E-state index contributed by atoms with van der Waals surface area (Å²) in [4.78, 5) is 21.7. The van der Waals surface area contributed by atoms with Crippen LogP contribution < -0.4 is 0 Å². The van der Waals surface area contributed by atoms with Gasteiger partial charge in [-0.25, -0.2) is 9.59 Å². The lowest BCUT2D eigenvalue weighted by Crippen LogP contribution is -1.94. The van der Waals surface area contributed by atoms with Crippen LogP contribution >= 0.6 is 0 Å². The summed E-state index contributed by atoms with van der Waals surface area (Å²) in [5, 5.41) is 36.3. The topological polar surface area (TPSA) is 122 Å². The number of aromatic carboxylic acids is 2. The van der Waals surface area contributed by atoms with Gasteiger partial charge in [0, 0.05) is 0 Å². The van der Waals surface area contributed by atoms with Gasteiger partial charge in [-0.15, -0.1) is 0 Å². The van der Waals surface area contributed by atoms with Crippen molar-refractivity contribution in [3.8, 4) is 12.1 Å². The second-order valence-electron chi connectivity index (χ2n) is 6.37. The van der Waals surface area contributed by atoms with Crippen LogP contribution in [0.15, 0.2) is 96.1 Å². The largest absolute Gasteiger partial charge is 0.478 e. The Balaban J connectivity index is 2.04. The third-order valence-corrected chi connectivity index (χ3v) is 4.14. The molecular formula is C26H18N2O4. The molecule has 0 bridgehead atoms. The van der Waals surface area contributed by atoms with Crippen LogP contribution in [0.25, 0.3) is 12.2 Å². The summed E-state index contributed by atoms with van der Waals surface area (Å²) in [6, 6.07) is 16.7. The normalized spacial score (nSPS) is 12.2. The molecule has 0 aliphatic carbocycles. The lowest BCUT2D eigenvalue weighted by molar-refractivity contribution is 0.0686. The minimum absolute atomic E-state index is 0.195. The van der Waals surface area contributed by atoms with E-state index >= 15 is 0 Å². The van der Waals surface area contributed by atoms with Crippen LogP contribution in [-0.4, -0.2) is 22.2 Å². The van der Waals surface area contributed by atoms with E-state index in [9.17, 15) is 20.1 Å². The Labute approximate surface area is 185 Å². The van der Waals surface area contributed by atoms with Gasteiger partial charge in [-0.2, -0.15) is 10.5 Å². The molecule has 156 valence electrons. The molecule has 0 saturated carbocycles. The summed E-state index contributed by atoms with van der Waals surface area (Å²) in [6.45, 7) is 0. The Kier molecular flexibility index (Phi) is 8.69. The second-order valence-corrected chi connectivity index (χ2v) is 6.37. The van der Waals surface area contributed by atoms with E-state index in [-0.39, 0.29) is 11.1 Å². The van der Waals surface area contributed by atoms with E-state index in [1.54, 1.807) is 60.7 Å². The summed E-state index contributed by atoms with van der Waals surface area (Å²) in [6.07, 6.45) is 13.0. The van der Waals surface area contributed by atoms with E-state index < -0.39 is 11.9 Å². The van der Waals surface area contributed by atoms with Gasteiger partial charge in [0.2, 0.25) is 0 Å². The number of carboxylic acid groups (broad SMARTS) is 2. The minimum atomic E-state index is -0.996. The number of carboxylic acids is 2. The summed E-state index contributed by atoms with van der Waals surface area (Å²) in [5.41, 5.74) is 2.62. The first-order valence-electron chi connectivity index (χ1n) is 9.34. The highest BCUT2D eigenvalue weighted by atomic mass is 16.4. The lowest BCUT2D eigenvalue weighted by atomic mass is 10.1. The standard InChI is InChI=1S/C26H18N2O4/c27-17-21(5-1-3-19-9-13-23(14-10-19)25(29)30)7-8-22(18-28)6-2-4-20-11-15-24(16-12-20)26(31)32/h1-16H,(H,29,30)(H,31,32)/b3-1+,4-2+,8-7+,21-5-,22-6-. The molecule has 0 fully saturated rings. The molecule has 0 aliphatic rings. The molecule has 0 unspecified atom stereocenters. The molecule has 2 aromatic carbocycles. The molecule has 2 rings (SSSR count). The van der Waals surface area contributed by atoms with Crippen molar-refractivity contribution in [3.05, 3.63) is 118 Å². The molecule has 0 spiro atoms. The molecule has 0 saturated heterocycles. The zero-order valence-electron chi connectivity index (χ0n) is 16.8. The molecule has 0 aliphatic heterocycles. The fraction of sp³-hybridized carbons (Fsp3) is 0. The fourth-order valence-corrected chi connectivity index (χ4v) is 2.44. The smallest absolute Gasteiger partial charge is 0.335 e. The third kappa shape index (κ3) is 7.47. The van der Waals surface area contributed by atoms with E-state index in [1.807, 2.05) is 12.1 Å². The first kappa shape index (κ1) is 23.3. The Bertz CT molecular complexity index is 1120. The number of hydrogen-bond donors (Lipinski definition) is 2. The maximum absolute atomic E-state index is 10.9. The first-order chi connectivity index (χ1) is 15.4. The zero-order chi connectivity index (χ0) is 23.3. The van der Waals surface area contributed by atoms with Crippen LogP contribution in [0, 0.1) is 22.7 Å². The molecule has 0 radical (unpaired) electrons. The van der Waals surface area contributed by atoms with Crippen molar-refractivity contribution in [2.75, 3.05) is 0 Å². The number of nitriles is 2. The zero-order valence-corrected chi connectivity index (χ0v) is 16.8. The van der Waals surface area contributed by atoms with E-state index in [1.165, 1.54) is 36.4 Å². The molecular weight excluding hydrogens is 404 g/mol. The molecule has 32 heavy (non-hydrogen) atoms. The van der Waals surface area contributed by atoms with Crippen molar-refractivity contribution in [2.45, 2.75) is 0 Å². The van der Waals surface area contributed by atoms with Crippen molar-refractivity contribution < 1.29 is 19.8 Å². The van der Waals surface area contributed by atoms with Crippen LogP contribution in [0.5, 0.6) is 0 Å². The van der Waals surface area contributed by atoms with Crippen LogP contribution in [0.3, 0.4) is 0 Å². The first-order valence-corrected chi connectivity index (χ1v) is 9.34. The predicted molar refractivity (Wildman–Crippen MR) is 121 cm³/mol. The van der Waals surface area contributed by atoms with Gasteiger partial charge in [-0.1, -0.05) is 48.6 Å². The molecule has 6 heteroatoms. The highest BCUT2D eigenvalue weighted by Crippen LogP contribution is 2.09. The minimum Gasteiger partial charge on any atom is -0.478 e. The van der Waals surface area contributed by atoms with Crippen LogP contribution in [0.4, 0.5) is 0 Å². The monoisotopic (exact) mass is 422 g/mol. The Morgan fingerprint density at radius 2 is 1.00 bits per heavy atom. The van der Waals surface area contributed by atoms with E-state index in [4.69, 9.17) is 10.2 Å². The van der Waals surface area contributed by atoms with Crippen molar-refractivity contribution in [1.29, 1.82) is 10.5 Å². The van der Waals surface area contributed by atoms with Crippen molar-refractivity contribution >= 4 is 24.1 Å². The van der Waals surface area contributed by atoms with Gasteiger partial charge in [0.25, 0.3) is 0 Å². The highest BCUT2D eigenvalue weighted by molar-refractivity contribution is 5.88. The lowest BCUT2D eigenvalue weighted by Gasteiger charge is -1.95.